The van der Waals surface area contributed by atoms with E-state index in [0.29, 0.717) is 35.6 Å². The van der Waals surface area contributed by atoms with Crippen molar-refractivity contribution in [3.63, 3.8) is 0 Å². The van der Waals surface area contributed by atoms with Crippen molar-refractivity contribution in [1.82, 2.24) is 24.8 Å². The van der Waals surface area contributed by atoms with Crippen LogP contribution in [0.2, 0.25) is 0 Å². The Morgan fingerprint density at radius 1 is 1.27 bits per heavy atom. The van der Waals surface area contributed by atoms with Crippen LogP contribution < -0.4 is 5.32 Å². The third kappa shape index (κ3) is 3.68. The molecule has 1 fully saturated rings. The van der Waals surface area contributed by atoms with Gasteiger partial charge in [-0.1, -0.05) is 0 Å². The maximum Gasteiger partial charge on any atom is 0.274 e. The summed E-state index contributed by atoms with van der Waals surface area (Å²) in [6.45, 7) is 9.36. The molecule has 8 heteroatoms. The first-order valence-electron chi connectivity index (χ1n) is 9.98. The molecule has 0 spiro atoms. The number of rotatable bonds is 3. The fourth-order valence-electron chi connectivity index (χ4n) is 3.79. The Morgan fingerprint density at radius 3 is 2.60 bits per heavy atom. The van der Waals surface area contributed by atoms with Crippen molar-refractivity contribution in [3.05, 3.63) is 53.6 Å². The second kappa shape index (κ2) is 7.14. The van der Waals surface area contributed by atoms with Gasteiger partial charge in [-0.3, -0.25) is 4.79 Å². The van der Waals surface area contributed by atoms with Crippen molar-refractivity contribution >= 4 is 11.6 Å². The molecule has 1 aromatic carbocycles. The molecule has 0 saturated carbocycles. The first kappa shape index (κ1) is 20.4. The Hall–Kier alpha value is -2.84. The summed E-state index contributed by atoms with van der Waals surface area (Å²) in [4.78, 5) is 19.6. The van der Waals surface area contributed by atoms with Gasteiger partial charge in [0.1, 0.15) is 11.5 Å². The lowest BCUT2D eigenvalue weighted by Crippen LogP contribution is -2.59. The highest BCUT2D eigenvalue weighted by Crippen LogP contribution is 2.29. The summed E-state index contributed by atoms with van der Waals surface area (Å²) in [7, 11) is 0. The lowest BCUT2D eigenvalue weighted by molar-refractivity contribution is 0.0471. The van der Waals surface area contributed by atoms with E-state index >= 15 is 0 Å². The molecule has 1 aliphatic rings. The van der Waals surface area contributed by atoms with Crippen molar-refractivity contribution in [3.8, 4) is 11.3 Å². The number of nitrogens with zero attached hydrogens (tertiary/aromatic N) is 4. The number of carbonyl (C=O) groups excluding carboxylic acids is 1. The topological polar surface area (TPSA) is 82.8 Å². The highest BCUT2D eigenvalue weighted by Gasteiger charge is 2.35. The molecule has 0 radical (unpaired) electrons. The summed E-state index contributed by atoms with van der Waals surface area (Å²) in [6, 6.07) is 7.72. The van der Waals surface area contributed by atoms with Crippen molar-refractivity contribution in [2.24, 2.45) is 0 Å². The standard InChI is InChI=1S/C22H26FN5O2/c1-21(2)13-24-9-10-27(21)20(29)18-12-28-19(25-18)16(22(3,4)30)11-17(26-28)14-5-7-15(23)8-6-14/h5-8,11-12,24,30H,9-10,13H2,1-4H3. The molecule has 0 aliphatic carbocycles. The number of aromatic nitrogens is 3. The van der Waals surface area contributed by atoms with E-state index in [1.54, 1.807) is 38.2 Å². The molecule has 7 nitrogen and oxygen atoms in total. The summed E-state index contributed by atoms with van der Waals surface area (Å²) < 4.78 is 14.9. The molecule has 1 saturated heterocycles. The Balaban J connectivity index is 1.83. The lowest BCUT2D eigenvalue weighted by atomic mass is 9.98. The van der Waals surface area contributed by atoms with Gasteiger partial charge in [-0.05, 0) is 58.0 Å². The van der Waals surface area contributed by atoms with Gasteiger partial charge in [-0.15, -0.1) is 0 Å². The normalized spacial score (nSPS) is 16.8. The number of amides is 1. The van der Waals surface area contributed by atoms with Gasteiger partial charge in [0.2, 0.25) is 0 Å². The van der Waals surface area contributed by atoms with Crippen LogP contribution in [0.5, 0.6) is 0 Å². The molecule has 4 rings (SSSR count). The van der Waals surface area contributed by atoms with E-state index in [1.807, 2.05) is 18.7 Å². The minimum Gasteiger partial charge on any atom is -0.386 e. The van der Waals surface area contributed by atoms with Gasteiger partial charge in [-0.2, -0.15) is 5.10 Å². The van der Waals surface area contributed by atoms with E-state index < -0.39 is 5.60 Å². The Morgan fingerprint density at radius 2 is 1.97 bits per heavy atom. The molecule has 2 N–H and O–H groups in total. The number of halogens is 1. The van der Waals surface area contributed by atoms with E-state index in [1.165, 1.54) is 16.6 Å². The molecule has 3 heterocycles. The Kier molecular flexibility index (Phi) is 4.86. The fourth-order valence-corrected chi connectivity index (χ4v) is 3.79. The first-order chi connectivity index (χ1) is 14.1. The molecule has 30 heavy (non-hydrogen) atoms. The summed E-state index contributed by atoms with van der Waals surface area (Å²) in [5.41, 5.74) is 0.946. The molecule has 1 amide bonds. The summed E-state index contributed by atoms with van der Waals surface area (Å²) in [6.07, 6.45) is 1.60. The molecule has 1 aliphatic heterocycles. The summed E-state index contributed by atoms with van der Waals surface area (Å²) in [5, 5.41) is 18.6. The largest absolute Gasteiger partial charge is 0.386 e. The predicted octanol–water partition coefficient (Wildman–Crippen LogP) is 2.59. The number of hydrogen-bond acceptors (Lipinski definition) is 5. The fraction of sp³-hybridized carbons (Fsp3) is 0.409. The Labute approximate surface area is 174 Å². The minimum absolute atomic E-state index is 0.169. The molecule has 0 bridgehead atoms. The zero-order valence-electron chi connectivity index (χ0n) is 17.6. The van der Waals surface area contributed by atoms with Crippen LogP contribution in [0.1, 0.15) is 43.7 Å². The molecule has 0 unspecified atom stereocenters. The zero-order chi connectivity index (χ0) is 21.7. The van der Waals surface area contributed by atoms with Gasteiger partial charge < -0.3 is 15.3 Å². The second-order valence-corrected chi connectivity index (χ2v) is 8.85. The summed E-state index contributed by atoms with van der Waals surface area (Å²) >= 11 is 0. The Bertz CT molecular complexity index is 1100. The third-order valence-electron chi connectivity index (χ3n) is 5.49. The number of hydrogen-bond donors (Lipinski definition) is 2. The maximum absolute atomic E-state index is 13.3. The van der Waals surface area contributed by atoms with Crippen molar-refractivity contribution in [1.29, 1.82) is 0 Å². The van der Waals surface area contributed by atoms with Crippen LogP contribution in [0.25, 0.3) is 16.9 Å². The van der Waals surface area contributed by atoms with E-state index in [4.69, 9.17) is 0 Å². The van der Waals surface area contributed by atoms with Crippen LogP contribution >= 0.6 is 0 Å². The van der Waals surface area contributed by atoms with E-state index in [-0.39, 0.29) is 23.0 Å². The molecular weight excluding hydrogens is 385 g/mol. The smallest absolute Gasteiger partial charge is 0.274 e. The number of benzene rings is 1. The van der Waals surface area contributed by atoms with Crippen molar-refractivity contribution in [2.45, 2.75) is 38.8 Å². The van der Waals surface area contributed by atoms with Gasteiger partial charge in [0.15, 0.2) is 5.65 Å². The highest BCUT2D eigenvalue weighted by molar-refractivity contribution is 5.93. The molecule has 158 valence electrons. The van der Waals surface area contributed by atoms with Crippen LogP contribution in [0.15, 0.2) is 36.5 Å². The van der Waals surface area contributed by atoms with Crippen LogP contribution in [0.4, 0.5) is 4.39 Å². The lowest BCUT2D eigenvalue weighted by Gasteiger charge is -2.42. The van der Waals surface area contributed by atoms with Crippen LogP contribution in [0, 0.1) is 5.82 Å². The van der Waals surface area contributed by atoms with Gasteiger partial charge in [0.25, 0.3) is 5.91 Å². The number of carbonyl (C=O) groups is 1. The average molecular weight is 411 g/mol. The number of aliphatic hydroxyl groups is 1. The number of imidazole rings is 1. The van der Waals surface area contributed by atoms with Gasteiger partial charge >= 0.3 is 0 Å². The van der Waals surface area contributed by atoms with E-state index in [2.05, 4.69) is 15.4 Å². The zero-order valence-corrected chi connectivity index (χ0v) is 17.6. The number of fused-ring (bicyclic) bond motifs is 1. The third-order valence-corrected chi connectivity index (χ3v) is 5.49. The van der Waals surface area contributed by atoms with Crippen LogP contribution in [-0.2, 0) is 5.60 Å². The average Bonchev–Trinajstić information content (AvgIpc) is 3.10. The predicted molar refractivity (Wildman–Crippen MR) is 112 cm³/mol. The first-order valence-corrected chi connectivity index (χ1v) is 9.98. The van der Waals surface area contributed by atoms with E-state index in [0.717, 1.165) is 6.54 Å². The maximum atomic E-state index is 13.3. The molecule has 0 atom stereocenters. The number of piperazine rings is 1. The van der Waals surface area contributed by atoms with Crippen molar-refractivity contribution < 1.29 is 14.3 Å². The van der Waals surface area contributed by atoms with Crippen LogP contribution in [0.3, 0.4) is 0 Å². The molecule has 3 aromatic rings. The quantitative estimate of drug-likeness (QED) is 0.692. The number of nitrogens with one attached hydrogen (secondary N) is 1. The van der Waals surface area contributed by atoms with Crippen LogP contribution in [-0.4, -0.2) is 55.7 Å². The SMILES string of the molecule is CC(C)(O)c1cc(-c2ccc(F)cc2)nn2cc(C(=O)N3CCNCC3(C)C)nc12. The highest BCUT2D eigenvalue weighted by atomic mass is 19.1. The molecular formula is C22H26FN5O2. The summed E-state index contributed by atoms with van der Waals surface area (Å²) in [5.74, 6) is -0.506. The molecule has 2 aromatic heterocycles. The van der Waals surface area contributed by atoms with E-state index in [9.17, 15) is 14.3 Å². The minimum atomic E-state index is -1.21. The van der Waals surface area contributed by atoms with Crippen molar-refractivity contribution in [2.75, 3.05) is 19.6 Å². The second-order valence-electron chi connectivity index (χ2n) is 8.85. The van der Waals surface area contributed by atoms with Gasteiger partial charge in [0, 0.05) is 30.8 Å². The monoisotopic (exact) mass is 411 g/mol. The van der Waals surface area contributed by atoms with Gasteiger partial charge in [-0.25, -0.2) is 13.9 Å². The van der Waals surface area contributed by atoms with Gasteiger partial charge in [0.05, 0.1) is 23.0 Å².